The highest BCUT2D eigenvalue weighted by molar-refractivity contribution is 5.91. The van der Waals surface area contributed by atoms with Gasteiger partial charge < -0.3 is 20.4 Å². The van der Waals surface area contributed by atoms with Crippen LogP contribution in [0.25, 0.3) is 0 Å². The third kappa shape index (κ3) is 6.40. The minimum Gasteiger partial charge on any atom is -0.486 e. The van der Waals surface area contributed by atoms with Crippen LogP contribution in [-0.4, -0.2) is 22.0 Å². The molecule has 28 heavy (non-hydrogen) atoms. The number of rotatable bonds is 7. The second-order valence-electron chi connectivity index (χ2n) is 7.26. The highest BCUT2D eigenvalue weighted by Crippen LogP contribution is 2.38. The van der Waals surface area contributed by atoms with Gasteiger partial charge in [0.1, 0.15) is 18.2 Å². The van der Waals surface area contributed by atoms with Crippen molar-refractivity contribution in [3.63, 3.8) is 0 Å². The van der Waals surface area contributed by atoms with E-state index in [0.717, 1.165) is 30.1 Å². The Hall–Kier alpha value is -1.76. The molecular formula is C20H30Cl2N4O2. The van der Waals surface area contributed by atoms with Crippen LogP contribution in [0.3, 0.4) is 0 Å². The zero-order valence-electron chi connectivity index (χ0n) is 16.2. The first-order valence-corrected chi connectivity index (χ1v) is 9.29. The number of aryl methyl sites for hydroxylation is 1. The molecule has 0 spiro atoms. The van der Waals surface area contributed by atoms with Crippen molar-refractivity contribution < 1.29 is 9.53 Å². The predicted molar refractivity (Wildman–Crippen MR) is 116 cm³/mol. The van der Waals surface area contributed by atoms with Crippen molar-refractivity contribution in [3.8, 4) is 5.75 Å². The predicted octanol–water partition coefficient (Wildman–Crippen LogP) is 4.08. The molecule has 0 aliphatic heterocycles. The van der Waals surface area contributed by atoms with Gasteiger partial charge in [-0.15, -0.1) is 24.8 Å². The second-order valence-corrected chi connectivity index (χ2v) is 7.26. The summed E-state index contributed by atoms with van der Waals surface area (Å²) < 4.78 is 7.66. The van der Waals surface area contributed by atoms with Gasteiger partial charge in [0.15, 0.2) is 0 Å². The lowest BCUT2D eigenvalue weighted by atomic mass is 9.71. The maximum absolute atomic E-state index is 12.4. The van der Waals surface area contributed by atoms with Crippen molar-refractivity contribution in [1.82, 2.24) is 9.55 Å². The highest BCUT2D eigenvalue weighted by Gasteiger charge is 2.32. The lowest BCUT2D eigenvalue weighted by molar-refractivity contribution is -0.118. The summed E-state index contributed by atoms with van der Waals surface area (Å²) in [4.78, 5) is 16.7. The van der Waals surface area contributed by atoms with Crippen molar-refractivity contribution in [2.24, 2.45) is 18.2 Å². The molecule has 0 bridgehead atoms. The van der Waals surface area contributed by atoms with Gasteiger partial charge in [-0.1, -0.05) is 19.3 Å². The Balaban J connectivity index is 0.00000196. The van der Waals surface area contributed by atoms with Crippen LogP contribution in [0.5, 0.6) is 5.75 Å². The fourth-order valence-corrected chi connectivity index (χ4v) is 3.62. The van der Waals surface area contributed by atoms with E-state index in [2.05, 4.69) is 10.3 Å². The molecule has 1 aromatic heterocycles. The molecule has 3 N–H and O–H groups in total. The van der Waals surface area contributed by atoms with E-state index < -0.39 is 0 Å². The number of nitrogens with zero attached hydrogens (tertiary/aromatic N) is 2. The molecule has 3 rings (SSSR count). The molecule has 0 atom stereocenters. The fraction of sp³-hybridized carbons (Fsp3) is 0.500. The first kappa shape index (κ1) is 24.3. The Kier molecular flexibility index (Phi) is 9.79. The van der Waals surface area contributed by atoms with Gasteiger partial charge in [-0.3, -0.25) is 4.79 Å². The topological polar surface area (TPSA) is 82.2 Å². The van der Waals surface area contributed by atoms with Crippen LogP contribution in [0.4, 0.5) is 5.69 Å². The van der Waals surface area contributed by atoms with E-state index in [1.807, 2.05) is 42.1 Å². The summed E-state index contributed by atoms with van der Waals surface area (Å²) in [6, 6.07) is 7.44. The lowest BCUT2D eigenvalue weighted by Gasteiger charge is -2.35. The number of nitrogens with two attached hydrogens (primary N) is 1. The number of hydrogen-bond donors (Lipinski definition) is 2. The van der Waals surface area contributed by atoms with Crippen molar-refractivity contribution >= 4 is 36.4 Å². The third-order valence-electron chi connectivity index (χ3n) is 5.31. The van der Waals surface area contributed by atoms with Crippen LogP contribution in [0.15, 0.2) is 36.7 Å². The second kappa shape index (κ2) is 11.3. The molecule has 8 heteroatoms. The minimum atomic E-state index is -0.0204. The molecule has 0 unspecified atom stereocenters. The van der Waals surface area contributed by atoms with Gasteiger partial charge >= 0.3 is 0 Å². The molecule has 1 aliphatic carbocycles. The van der Waals surface area contributed by atoms with Crippen LogP contribution >= 0.6 is 24.8 Å². The van der Waals surface area contributed by atoms with E-state index in [0.29, 0.717) is 19.6 Å². The molecule has 2 aromatic rings. The first-order chi connectivity index (χ1) is 12.6. The van der Waals surface area contributed by atoms with Gasteiger partial charge in [-0.2, -0.15) is 0 Å². The van der Waals surface area contributed by atoms with Gasteiger partial charge in [0.25, 0.3) is 0 Å². The van der Waals surface area contributed by atoms with Crippen molar-refractivity contribution in [1.29, 1.82) is 0 Å². The SMILES string of the molecule is Cl.Cl.Cn1ccnc1COc1ccc(NC(=O)CC2(CN)CCCCC2)cc1. The average molecular weight is 429 g/mol. The van der Waals surface area contributed by atoms with Gasteiger partial charge in [-0.05, 0) is 49.1 Å². The number of imidazole rings is 1. The van der Waals surface area contributed by atoms with Crippen LogP contribution in [-0.2, 0) is 18.4 Å². The standard InChI is InChI=1S/C20H28N4O2.2ClH/c1-24-12-11-22-18(24)14-26-17-7-5-16(6-8-17)23-19(25)13-20(15-21)9-3-2-4-10-20;;/h5-8,11-12H,2-4,9-10,13-15,21H2,1H3,(H,23,25);2*1H. The quantitative estimate of drug-likeness (QED) is 0.695. The highest BCUT2D eigenvalue weighted by atomic mass is 35.5. The van der Waals surface area contributed by atoms with Crippen molar-refractivity contribution in [2.75, 3.05) is 11.9 Å². The number of carbonyl (C=O) groups excluding carboxylic acids is 1. The van der Waals surface area contributed by atoms with Crippen LogP contribution in [0.2, 0.25) is 0 Å². The number of halogens is 2. The molecule has 0 radical (unpaired) electrons. The number of nitrogens with one attached hydrogen (secondary N) is 1. The zero-order valence-corrected chi connectivity index (χ0v) is 17.9. The summed E-state index contributed by atoms with van der Waals surface area (Å²) >= 11 is 0. The summed E-state index contributed by atoms with van der Waals surface area (Å²) in [5.74, 6) is 1.65. The molecule has 1 saturated carbocycles. The van der Waals surface area contributed by atoms with Crippen LogP contribution in [0.1, 0.15) is 44.3 Å². The maximum Gasteiger partial charge on any atom is 0.224 e. The first-order valence-electron chi connectivity index (χ1n) is 9.29. The monoisotopic (exact) mass is 428 g/mol. The van der Waals surface area contributed by atoms with Crippen molar-refractivity contribution in [3.05, 3.63) is 42.5 Å². The van der Waals surface area contributed by atoms with Crippen molar-refractivity contribution in [2.45, 2.75) is 45.1 Å². The molecule has 1 aromatic carbocycles. The number of ether oxygens (including phenoxy) is 1. The largest absolute Gasteiger partial charge is 0.486 e. The summed E-state index contributed by atoms with van der Waals surface area (Å²) in [5.41, 5.74) is 6.74. The van der Waals surface area contributed by atoms with E-state index in [9.17, 15) is 4.79 Å². The molecule has 6 nitrogen and oxygen atoms in total. The number of carbonyl (C=O) groups is 1. The zero-order chi connectivity index (χ0) is 18.4. The molecule has 1 fully saturated rings. The maximum atomic E-state index is 12.4. The number of benzene rings is 1. The summed E-state index contributed by atoms with van der Waals surface area (Å²) in [6.07, 6.45) is 9.84. The summed E-state index contributed by atoms with van der Waals surface area (Å²) in [7, 11) is 1.94. The number of aromatic nitrogens is 2. The Morgan fingerprint density at radius 1 is 1.21 bits per heavy atom. The van der Waals surface area contributed by atoms with E-state index >= 15 is 0 Å². The molecule has 1 aliphatic rings. The average Bonchev–Trinajstić information content (AvgIpc) is 3.07. The van der Waals surface area contributed by atoms with E-state index in [1.54, 1.807) is 6.20 Å². The van der Waals surface area contributed by atoms with E-state index in [-0.39, 0.29) is 36.1 Å². The number of amides is 1. The summed E-state index contributed by atoms with van der Waals surface area (Å²) in [5, 5.41) is 2.99. The van der Waals surface area contributed by atoms with Gasteiger partial charge in [0.05, 0.1) is 0 Å². The fourth-order valence-electron chi connectivity index (χ4n) is 3.62. The van der Waals surface area contributed by atoms with E-state index in [4.69, 9.17) is 10.5 Å². The summed E-state index contributed by atoms with van der Waals surface area (Å²) in [6.45, 7) is 0.995. The van der Waals surface area contributed by atoms with Gasteiger partial charge in [0, 0.05) is 31.5 Å². The van der Waals surface area contributed by atoms with Crippen LogP contribution < -0.4 is 15.8 Å². The molecule has 1 heterocycles. The Bertz CT molecular complexity index is 728. The Labute approximate surface area is 179 Å². The molecule has 0 saturated heterocycles. The smallest absolute Gasteiger partial charge is 0.224 e. The van der Waals surface area contributed by atoms with E-state index in [1.165, 1.54) is 19.3 Å². The Morgan fingerprint density at radius 2 is 1.89 bits per heavy atom. The minimum absolute atomic E-state index is 0. The lowest BCUT2D eigenvalue weighted by Crippen LogP contribution is -2.36. The molecule has 156 valence electrons. The molecular weight excluding hydrogens is 399 g/mol. The number of anilines is 1. The van der Waals surface area contributed by atoms with Gasteiger partial charge in [0.2, 0.25) is 5.91 Å². The van der Waals surface area contributed by atoms with Gasteiger partial charge in [-0.25, -0.2) is 4.98 Å². The molecule has 1 amide bonds. The Morgan fingerprint density at radius 3 is 2.46 bits per heavy atom. The van der Waals surface area contributed by atoms with Crippen LogP contribution in [0, 0.1) is 5.41 Å². The normalized spacial score (nSPS) is 15.1. The number of hydrogen-bond acceptors (Lipinski definition) is 4. The third-order valence-corrected chi connectivity index (χ3v) is 5.31.